The number of nitrogens with zero attached hydrogens (tertiary/aromatic N) is 2. The summed E-state index contributed by atoms with van der Waals surface area (Å²) in [6, 6.07) is 3.41. The minimum absolute atomic E-state index is 0.108. The van der Waals surface area contributed by atoms with E-state index in [4.69, 9.17) is 0 Å². The molecular formula is C12H13F3N2O4. The van der Waals surface area contributed by atoms with Gasteiger partial charge in [0.2, 0.25) is 5.75 Å². The average Bonchev–Trinajstić information content (AvgIpc) is 2.33. The highest BCUT2D eigenvalue weighted by Gasteiger charge is 2.32. The number of benzene rings is 1. The lowest BCUT2D eigenvalue weighted by atomic mass is 10.1. The Balaban J connectivity index is 3.20. The Morgan fingerprint density at radius 2 is 2.00 bits per heavy atom. The van der Waals surface area contributed by atoms with Gasteiger partial charge in [0.15, 0.2) is 12.4 Å². The van der Waals surface area contributed by atoms with Gasteiger partial charge in [0.05, 0.1) is 17.0 Å². The van der Waals surface area contributed by atoms with Crippen LogP contribution in [0.25, 0.3) is 0 Å². The van der Waals surface area contributed by atoms with Gasteiger partial charge >= 0.3 is 11.9 Å². The summed E-state index contributed by atoms with van der Waals surface area (Å²) in [4.78, 5) is 23.4. The molecule has 1 aromatic carbocycles. The third-order valence-electron chi connectivity index (χ3n) is 2.33. The van der Waals surface area contributed by atoms with Gasteiger partial charge in [-0.3, -0.25) is 14.9 Å². The molecule has 0 fully saturated rings. The lowest BCUT2D eigenvalue weighted by molar-refractivity contribution is -0.386. The van der Waals surface area contributed by atoms with Crippen molar-refractivity contribution < 1.29 is 27.6 Å². The highest BCUT2D eigenvalue weighted by Crippen LogP contribution is 2.32. The number of hydrogen-bond donors (Lipinski definition) is 0. The highest BCUT2D eigenvalue weighted by molar-refractivity contribution is 6.01. The van der Waals surface area contributed by atoms with Crippen LogP contribution in [0, 0.1) is 10.1 Å². The fraction of sp³-hybridized carbons (Fsp3) is 0.417. The third-order valence-corrected chi connectivity index (χ3v) is 2.33. The molecular weight excluding hydrogens is 293 g/mol. The molecule has 0 bridgehead atoms. The number of nitro benzene ring substituents is 1. The molecule has 0 saturated heterocycles. The molecule has 9 heteroatoms. The van der Waals surface area contributed by atoms with E-state index in [-0.39, 0.29) is 12.1 Å². The Labute approximate surface area is 118 Å². The van der Waals surface area contributed by atoms with E-state index >= 15 is 0 Å². The van der Waals surface area contributed by atoms with Crippen LogP contribution in [0.3, 0.4) is 0 Å². The van der Waals surface area contributed by atoms with Gasteiger partial charge in [-0.05, 0) is 20.2 Å². The molecule has 1 rings (SSSR count). The standard InChI is InChI=1S/C12H13F3N2O4/c1-16(2)6-10(18)8-4-3-5-9(17(19)20)11(8)21-7-12(13,14)15/h3-5H,6-7H2,1-2H3. The molecule has 1 aromatic rings. The summed E-state index contributed by atoms with van der Waals surface area (Å²) in [6.45, 7) is -1.82. The number of ketones is 1. The summed E-state index contributed by atoms with van der Waals surface area (Å²) < 4.78 is 41.2. The Kier molecular flexibility index (Phi) is 5.25. The molecule has 0 aliphatic heterocycles. The fourth-order valence-electron chi connectivity index (χ4n) is 1.57. The zero-order valence-corrected chi connectivity index (χ0v) is 11.3. The fourth-order valence-corrected chi connectivity index (χ4v) is 1.57. The predicted molar refractivity (Wildman–Crippen MR) is 67.5 cm³/mol. The number of carbonyl (C=O) groups excluding carboxylic acids is 1. The molecule has 0 spiro atoms. The third kappa shape index (κ3) is 5.03. The van der Waals surface area contributed by atoms with Crippen LogP contribution in [0.5, 0.6) is 5.75 Å². The molecule has 0 aliphatic carbocycles. The number of nitro groups is 1. The minimum atomic E-state index is -4.66. The number of Topliss-reactive ketones (excluding diaryl/α,β-unsaturated/α-hetero) is 1. The molecule has 0 atom stereocenters. The summed E-state index contributed by atoms with van der Waals surface area (Å²) in [5.74, 6) is -1.23. The molecule has 0 saturated carbocycles. The average molecular weight is 306 g/mol. The molecule has 0 radical (unpaired) electrons. The van der Waals surface area contributed by atoms with E-state index in [2.05, 4.69) is 4.74 Å². The maximum absolute atomic E-state index is 12.2. The zero-order chi connectivity index (χ0) is 16.2. The van der Waals surface area contributed by atoms with E-state index in [0.717, 1.165) is 6.07 Å². The van der Waals surface area contributed by atoms with Crippen LogP contribution in [0.1, 0.15) is 10.4 Å². The van der Waals surface area contributed by atoms with Crippen molar-refractivity contribution >= 4 is 11.5 Å². The van der Waals surface area contributed by atoms with Gasteiger partial charge < -0.3 is 9.64 Å². The van der Waals surface area contributed by atoms with Gasteiger partial charge in [-0.25, -0.2) is 0 Å². The van der Waals surface area contributed by atoms with Gasteiger partial charge in [0.1, 0.15) is 0 Å². The molecule has 116 valence electrons. The second-order valence-electron chi connectivity index (χ2n) is 4.48. The summed E-state index contributed by atoms with van der Waals surface area (Å²) >= 11 is 0. The number of para-hydroxylation sites is 1. The van der Waals surface area contributed by atoms with Crippen LogP contribution in [0.15, 0.2) is 18.2 Å². The van der Waals surface area contributed by atoms with Crippen LogP contribution < -0.4 is 4.74 Å². The molecule has 21 heavy (non-hydrogen) atoms. The van der Waals surface area contributed by atoms with Crippen LogP contribution >= 0.6 is 0 Å². The van der Waals surface area contributed by atoms with Gasteiger partial charge in [-0.1, -0.05) is 6.07 Å². The van der Waals surface area contributed by atoms with Gasteiger partial charge in [-0.2, -0.15) is 13.2 Å². The van der Waals surface area contributed by atoms with E-state index in [0.29, 0.717) is 0 Å². The van der Waals surface area contributed by atoms with Crippen LogP contribution in [0.2, 0.25) is 0 Å². The summed E-state index contributed by atoms with van der Waals surface area (Å²) in [7, 11) is 3.18. The van der Waals surface area contributed by atoms with Crippen molar-refractivity contribution in [2.45, 2.75) is 6.18 Å². The van der Waals surface area contributed by atoms with Crippen molar-refractivity contribution in [2.24, 2.45) is 0 Å². The zero-order valence-electron chi connectivity index (χ0n) is 11.3. The molecule has 0 heterocycles. The Hall–Kier alpha value is -2.16. The second kappa shape index (κ2) is 6.53. The summed E-state index contributed by atoms with van der Waals surface area (Å²) in [5.41, 5.74) is -0.925. The SMILES string of the molecule is CN(C)CC(=O)c1cccc([N+](=O)[O-])c1OCC(F)(F)F. The predicted octanol–water partition coefficient (Wildman–Crippen LogP) is 2.28. The number of ether oxygens (including phenoxy) is 1. The number of alkyl halides is 3. The lowest BCUT2D eigenvalue weighted by Gasteiger charge is -2.14. The molecule has 0 unspecified atom stereocenters. The molecule has 0 aromatic heterocycles. The maximum Gasteiger partial charge on any atom is 0.422 e. The van der Waals surface area contributed by atoms with Crippen LogP contribution in [-0.2, 0) is 0 Å². The number of rotatable bonds is 6. The molecule has 6 nitrogen and oxygen atoms in total. The van der Waals surface area contributed by atoms with Crippen LogP contribution in [-0.4, -0.2) is 49.0 Å². The van der Waals surface area contributed by atoms with Crippen molar-refractivity contribution in [1.82, 2.24) is 4.90 Å². The highest BCUT2D eigenvalue weighted by atomic mass is 19.4. The first-order chi connectivity index (χ1) is 9.61. The summed E-state index contributed by atoms with van der Waals surface area (Å²) in [5, 5.41) is 10.9. The number of hydrogen-bond acceptors (Lipinski definition) is 5. The number of likely N-dealkylation sites (N-methyl/N-ethyl adjacent to an activating group) is 1. The Bertz CT molecular complexity index is 544. The van der Waals surface area contributed by atoms with E-state index in [1.54, 1.807) is 14.1 Å². The first kappa shape index (κ1) is 16.9. The van der Waals surface area contributed by atoms with Crippen LogP contribution in [0.4, 0.5) is 18.9 Å². The summed E-state index contributed by atoms with van der Waals surface area (Å²) in [6.07, 6.45) is -4.66. The number of carbonyl (C=O) groups is 1. The normalized spacial score (nSPS) is 11.5. The molecule has 0 N–H and O–H groups in total. The van der Waals surface area contributed by atoms with Crippen molar-refractivity contribution in [3.63, 3.8) is 0 Å². The van der Waals surface area contributed by atoms with Gasteiger partial charge in [0, 0.05) is 6.07 Å². The minimum Gasteiger partial charge on any atom is -0.477 e. The second-order valence-corrected chi connectivity index (χ2v) is 4.48. The monoisotopic (exact) mass is 306 g/mol. The van der Waals surface area contributed by atoms with E-state index in [9.17, 15) is 28.1 Å². The first-order valence-corrected chi connectivity index (χ1v) is 5.76. The quantitative estimate of drug-likeness (QED) is 0.458. The van der Waals surface area contributed by atoms with Gasteiger partial charge in [-0.15, -0.1) is 0 Å². The topological polar surface area (TPSA) is 72.7 Å². The van der Waals surface area contributed by atoms with E-state index in [1.165, 1.54) is 17.0 Å². The Morgan fingerprint density at radius 3 is 2.48 bits per heavy atom. The molecule has 0 aliphatic rings. The maximum atomic E-state index is 12.2. The Morgan fingerprint density at radius 1 is 1.38 bits per heavy atom. The van der Waals surface area contributed by atoms with E-state index < -0.39 is 34.9 Å². The van der Waals surface area contributed by atoms with Gasteiger partial charge in [0.25, 0.3) is 0 Å². The number of halogens is 3. The van der Waals surface area contributed by atoms with Crippen molar-refractivity contribution in [2.75, 3.05) is 27.2 Å². The smallest absolute Gasteiger partial charge is 0.422 e. The van der Waals surface area contributed by atoms with Crippen molar-refractivity contribution in [3.05, 3.63) is 33.9 Å². The largest absolute Gasteiger partial charge is 0.477 e. The van der Waals surface area contributed by atoms with Crippen molar-refractivity contribution in [1.29, 1.82) is 0 Å². The lowest BCUT2D eigenvalue weighted by Crippen LogP contribution is -2.24. The van der Waals surface area contributed by atoms with Crippen molar-refractivity contribution in [3.8, 4) is 5.75 Å². The molecule has 0 amide bonds. The first-order valence-electron chi connectivity index (χ1n) is 5.76. The van der Waals surface area contributed by atoms with E-state index in [1.807, 2.05) is 0 Å².